The molecule has 1 atom stereocenters. The number of hydrogen-bond acceptors (Lipinski definition) is 1. The van der Waals surface area contributed by atoms with E-state index < -0.39 is 0 Å². The Balaban J connectivity index is 0. The highest BCUT2D eigenvalue weighted by Gasteiger charge is 2.00. The fraction of sp³-hybridized carbons (Fsp3) is 0.643. The zero-order valence-electron chi connectivity index (χ0n) is 11.1. The van der Waals surface area contributed by atoms with Gasteiger partial charge in [0.15, 0.2) is 0 Å². The highest BCUT2D eigenvalue weighted by Crippen LogP contribution is 2.17. The second kappa shape index (κ2) is 11.2. The minimum absolute atomic E-state index is 0.167. The van der Waals surface area contributed by atoms with Crippen molar-refractivity contribution in [3.05, 3.63) is 23.8 Å². The van der Waals surface area contributed by atoms with Crippen LogP contribution < -0.4 is 0 Å². The maximum atomic E-state index is 9.44. The number of carbonyl (C=O) groups excluding carboxylic acids is 1. The molecule has 15 heavy (non-hydrogen) atoms. The molecule has 0 fully saturated rings. The van der Waals surface area contributed by atoms with Crippen LogP contribution in [0.15, 0.2) is 23.8 Å². The normalized spacial score (nSPS) is 17.7. The fourth-order valence-electron chi connectivity index (χ4n) is 1.16. The summed E-state index contributed by atoms with van der Waals surface area (Å²) < 4.78 is 0. The van der Waals surface area contributed by atoms with Crippen molar-refractivity contribution < 1.29 is 4.79 Å². The second-order valence-corrected chi connectivity index (χ2v) is 3.62. The number of allylic oxidation sites excluding steroid dienone is 4. The first-order chi connectivity index (χ1) is 7.06. The minimum Gasteiger partial charge on any atom is -0.300 e. The van der Waals surface area contributed by atoms with Crippen molar-refractivity contribution >= 4 is 5.78 Å². The monoisotopic (exact) mass is 210 g/mol. The van der Waals surface area contributed by atoms with Gasteiger partial charge in [-0.2, -0.15) is 0 Å². The second-order valence-electron chi connectivity index (χ2n) is 3.62. The molecule has 1 heteroatoms. The minimum atomic E-state index is 0.167. The molecule has 0 saturated carbocycles. The summed E-state index contributed by atoms with van der Waals surface area (Å²) in [5.74, 6) is 0.935. The summed E-state index contributed by atoms with van der Waals surface area (Å²) in [5.41, 5.74) is 1.49. The van der Waals surface area contributed by atoms with Gasteiger partial charge in [-0.1, -0.05) is 51.5 Å². The van der Waals surface area contributed by atoms with Gasteiger partial charge in [-0.05, 0) is 32.6 Å². The van der Waals surface area contributed by atoms with Gasteiger partial charge in [0, 0.05) is 0 Å². The van der Waals surface area contributed by atoms with E-state index in [0.717, 1.165) is 5.92 Å². The lowest BCUT2D eigenvalue weighted by Gasteiger charge is -2.09. The van der Waals surface area contributed by atoms with Crippen molar-refractivity contribution in [1.29, 1.82) is 0 Å². The predicted molar refractivity (Wildman–Crippen MR) is 69.0 cm³/mol. The Morgan fingerprint density at radius 3 is 2.13 bits per heavy atom. The number of Topliss-reactive ketones (excluding diaryl/α,β-unsaturated/α-hetero) is 1. The third kappa shape index (κ3) is 13.2. The standard InChI is InChI=1S/C9H14.C3H6O.C2H6/c1-3-9-6-4-5-8(2)7-9;1-3(2)4;1-2/h4,6-8H,3,5H2,1-2H3;1-2H3;1-2H3. The van der Waals surface area contributed by atoms with E-state index in [4.69, 9.17) is 0 Å². The molecule has 1 unspecified atom stereocenters. The topological polar surface area (TPSA) is 17.1 Å². The number of hydrogen-bond donors (Lipinski definition) is 0. The highest BCUT2D eigenvalue weighted by atomic mass is 16.1. The molecule has 0 amide bonds. The SMILES string of the molecule is CC.CC(C)=O.CCC1=CC(C)CC=C1. The van der Waals surface area contributed by atoms with Crippen molar-refractivity contribution in [1.82, 2.24) is 0 Å². The van der Waals surface area contributed by atoms with Crippen LogP contribution in [0, 0.1) is 5.92 Å². The summed E-state index contributed by atoms with van der Waals surface area (Å²) in [6, 6.07) is 0. The highest BCUT2D eigenvalue weighted by molar-refractivity contribution is 5.72. The van der Waals surface area contributed by atoms with Crippen molar-refractivity contribution in [2.75, 3.05) is 0 Å². The summed E-state index contributed by atoms with van der Waals surface area (Å²) >= 11 is 0. The first kappa shape index (κ1) is 16.6. The van der Waals surface area contributed by atoms with Crippen molar-refractivity contribution in [3.8, 4) is 0 Å². The maximum absolute atomic E-state index is 9.44. The molecule has 1 rings (SSSR count). The molecule has 0 heterocycles. The molecule has 0 saturated heterocycles. The van der Waals surface area contributed by atoms with Crippen LogP contribution in [0.4, 0.5) is 0 Å². The first-order valence-electron chi connectivity index (χ1n) is 5.90. The van der Waals surface area contributed by atoms with Gasteiger partial charge in [0.25, 0.3) is 0 Å². The van der Waals surface area contributed by atoms with Gasteiger partial charge >= 0.3 is 0 Å². The van der Waals surface area contributed by atoms with Crippen molar-refractivity contribution in [3.63, 3.8) is 0 Å². The Morgan fingerprint density at radius 2 is 1.87 bits per heavy atom. The molecular formula is C14H26O. The van der Waals surface area contributed by atoms with E-state index in [9.17, 15) is 4.79 Å². The van der Waals surface area contributed by atoms with Crippen LogP contribution in [0.3, 0.4) is 0 Å². The Bertz CT molecular complexity index is 207. The summed E-state index contributed by atoms with van der Waals surface area (Å²) in [5, 5.41) is 0. The number of carbonyl (C=O) groups is 1. The van der Waals surface area contributed by atoms with Crippen molar-refractivity contribution in [2.45, 2.75) is 54.4 Å². The van der Waals surface area contributed by atoms with E-state index in [1.807, 2.05) is 13.8 Å². The van der Waals surface area contributed by atoms with Crippen LogP contribution in [0.2, 0.25) is 0 Å². The molecule has 0 aromatic heterocycles. The smallest absolute Gasteiger partial charge is 0.126 e. The lowest BCUT2D eigenvalue weighted by atomic mass is 9.97. The van der Waals surface area contributed by atoms with Gasteiger partial charge < -0.3 is 4.79 Å². The summed E-state index contributed by atoms with van der Waals surface area (Å²) in [4.78, 5) is 9.44. The van der Waals surface area contributed by atoms with Crippen LogP contribution >= 0.6 is 0 Å². The van der Waals surface area contributed by atoms with E-state index in [-0.39, 0.29) is 5.78 Å². The molecule has 0 aromatic carbocycles. The fourth-order valence-corrected chi connectivity index (χ4v) is 1.16. The summed E-state index contributed by atoms with van der Waals surface area (Å²) in [6.45, 7) is 11.5. The molecule has 88 valence electrons. The van der Waals surface area contributed by atoms with Gasteiger partial charge in [0.1, 0.15) is 5.78 Å². The quantitative estimate of drug-likeness (QED) is 0.621. The molecule has 1 aliphatic rings. The average molecular weight is 210 g/mol. The van der Waals surface area contributed by atoms with Gasteiger partial charge in [0.05, 0.1) is 0 Å². The van der Waals surface area contributed by atoms with Gasteiger partial charge in [-0.15, -0.1) is 0 Å². The lowest BCUT2D eigenvalue weighted by molar-refractivity contribution is -0.114. The van der Waals surface area contributed by atoms with Crippen LogP contribution in [0.25, 0.3) is 0 Å². The zero-order valence-corrected chi connectivity index (χ0v) is 11.1. The summed E-state index contributed by atoms with van der Waals surface area (Å²) in [7, 11) is 0. The van der Waals surface area contributed by atoms with E-state index in [0.29, 0.717) is 0 Å². The van der Waals surface area contributed by atoms with Crippen LogP contribution in [-0.2, 0) is 4.79 Å². The molecule has 0 aliphatic heterocycles. The largest absolute Gasteiger partial charge is 0.300 e. The maximum Gasteiger partial charge on any atom is 0.126 e. The number of ketones is 1. The Hall–Kier alpha value is -0.850. The average Bonchev–Trinajstić information content (AvgIpc) is 2.20. The molecule has 0 spiro atoms. The van der Waals surface area contributed by atoms with Crippen LogP contribution in [-0.4, -0.2) is 5.78 Å². The molecule has 1 aliphatic carbocycles. The molecule has 1 nitrogen and oxygen atoms in total. The van der Waals surface area contributed by atoms with Gasteiger partial charge in [-0.25, -0.2) is 0 Å². The van der Waals surface area contributed by atoms with Gasteiger partial charge in [-0.3, -0.25) is 0 Å². The first-order valence-corrected chi connectivity index (χ1v) is 5.90. The predicted octanol–water partition coefficient (Wildman–Crippen LogP) is 4.54. The lowest BCUT2D eigenvalue weighted by Crippen LogP contribution is -1.93. The third-order valence-corrected chi connectivity index (χ3v) is 1.75. The Kier molecular flexibility index (Phi) is 12.4. The van der Waals surface area contributed by atoms with E-state index >= 15 is 0 Å². The van der Waals surface area contributed by atoms with E-state index in [1.165, 1.54) is 32.3 Å². The molecule has 0 N–H and O–H groups in total. The molecule has 0 aromatic rings. The van der Waals surface area contributed by atoms with Crippen molar-refractivity contribution in [2.24, 2.45) is 5.92 Å². The van der Waals surface area contributed by atoms with E-state index in [2.05, 4.69) is 32.1 Å². The molecular weight excluding hydrogens is 184 g/mol. The third-order valence-electron chi connectivity index (χ3n) is 1.75. The van der Waals surface area contributed by atoms with Gasteiger partial charge in [0.2, 0.25) is 0 Å². The summed E-state index contributed by atoms with van der Waals surface area (Å²) in [6.07, 6.45) is 9.27. The Morgan fingerprint density at radius 1 is 1.40 bits per heavy atom. The van der Waals surface area contributed by atoms with Crippen LogP contribution in [0.1, 0.15) is 54.4 Å². The Labute approximate surface area is 95.3 Å². The van der Waals surface area contributed by atoms with E-state index in [1.54, 1.807) is 0 Å². The molecule has 0 radical (unpaired) electrons. The molecule has 0 bridgehead atoms. The zero-order chi connectivity index (χ0) is 12.3. The van der Waals surface area contributed by atoms with Crippen LogP contribution in [0.5, 0.6) is 0 Å². The number of rotatable bonds is 1.